The molecule has 1 aromatic carbocycles. The van der Waals surface area contributed by atoms with Crippen LogP contribution in [0.15, 0.2) is 12.1 Å². The molecule has 0 radical (unpaired) electrons. The summed E-state index contributed by atoms with van der Waals surface area (Å²) in [5.41, 5.74) is 0.252. The van der Waals surface area contributed by atoms with Gasteiger partial charge in [0.25, 0.3) is 5.91 Å². The molecule has 1 amide bonds. The maximum Gasteiger partial charge on any atom is 0.339 e. The Morgan fingerprint density at radius 3 is 2.67 bits per heavy atom. The van der Waals surface area contributed by atoms with E-state index in [9.17, 15) is 9.59 Å². The summed E-state index contributed by atoms with van der Waals surface area (Å²) in [7, 11) is 1.49. The number of methoxy groups -OCH3 is 1. The Balaban J connectivity index is 1.64. The molecule has 3 atom stereocenters. The molecule has 0 saturated heterocycles. The van der Waals surface area contributed by atoms with Crippen molar-refractivity contribution in [1.82, 2.24) is 5.32 Å². The standard InChI is InChI=1S/C20H27NO6/c1-12-6-4-5-7-15(12)21-19(22)13(2)27-20(23)14-10-16(24-3)18-17(11-14)25-8-9-26-18/h10-13,15H,4-9H2,1-3H3,(H,21,22)/t12-,13-,15-/m1/s1. The number of esters is 1. The normalized spacial score (nSPS) is 22.5. The van der Waals surface area contributed by atoms with E-state index in [-0.39, 0.29) is 17.5 Å². The lowest BCUT2D eigenvalue weighted by molar-refractivity contribution is -0.130. The van der Waals surface area contributed by atoms with Crippen molar-refractivity contribution in [2.45, 2.75) is 51.7 Å². The van der Waals surface area contributed by atoms with Crippen LogP contribution in [0.2, 0.25) is 0 Å². The van der Waals surface area contributed by atoms with Gasteiger partial charge in [-0.2, -0.15) is 0 Å². The monoisotopic (exact) mass is 377 g/mol. The quantitative estimate of drug-likeness (QED) is 0.795. The van der Waals surface area contributed by atoms with Gasteiger partial charge in [-0.15, -0.1) is 0 Å². The van der Waals surface area contributed by atoms with Gasteiger partial charge in [0, 0.05) is 6.04 Å². The minimum atomic E-state index is -0.883. The Kier molecular flexibility index (Phi) is 6.08. The topological polar surface area (TPSA) is 83.1 Å². The van der Waals surface area contributed by atoms with E-state index in [0.29, 0.717) is 36.4 Å². The molecule has 2 aliphatic rings. The highest BCUT2D eigenvalue weighted by Crippen LogP contribution is 2.40. The van der Waals surface area contributed by atoms with Crippen molar-refractivity contribution >= 4 is 11.9 Å². The molecule has 148 valence electrons. The Bertz CT molecular complexity index is 687. The summed E-state index contributed by atoms with van der Waals surface area (Å²) in [6.45, 7) is 4.54. The van der Waals surface area contributed by atoms with Crippen molar-refractivity contribution in [2.24, 2.45) is 5.92 Å². The van der Waals surface area contributed by atoms with Gasteiger partial charge >= 0.3 is 5.97 Å². The van der Waals surface area contributed by atoms with Crippen molar-refractivity contribution in [2.75, 3.05) is 20.3 Å². The van der Waals surface area contributed by atoms with Crippen LogP contribution in [0.4, 0.5) is 0 Å². The van der Waals surface area contributed by atoms with E-state index in [2.05, 4.69) is 12.2 Å². The second-order valence-corrected chi connectivity index (χ2v) is 7.13. The van der Waals surface area contributed by atoms with Crippen LogP contribution in [0.3, 0.4) is 0 Å². The predicted octanol–water partition coefficient (Wildman–Crippen LogP) is 2.71. The van der Waals surface area contributed by atoms with Crippen LogP contribution in [-0.4, -0.2) is 44.3 Å². The second-order valence-electron chi connectivity index (χ2n) is 7.13. The van der Waals surface area contributed by atoms with Gasteiger partial charge in [0.15, 0.2) is 17.6 Å². The van der Waals surface area contributed by atoms with E-state index in [4.69, 9.17) is 18.9 Å². The molecule has 1 aliphatic carbocycles. The highest BCUT2D eigenvalue weighted by atomic mass is 16.6. The van der Waals surface area contributed by atoms with E-state index in [1.807, 2.05) is 0 Å². The van der Waals surface area contributed by atoms with Gasteiger partial charge in [-0.1, -0.05) is 19.8 Å². The first-order valence-corrected chi connectivity index (χ1v) is 9.48. The van der Waals surface area contributed by atoms with Crippen molar-refractivity contribution < 1.29 is 28.5 Å². The average Bonchev–Trinajstić information content (AvgIpc) is 2.68. The molecule has 1 N–H and O–H groups in total. The summed E-state index contributed by atoms with van der Waals surface area (Å²) in [6, 6.07) is 3.22. The molecule has 1 aromatic rings. The second kappa shape index (κ2) is 8.50. The Morgan fingerprint density at radius 1 is 1.19 bits per heavy atom. The number of hydrogen-bond donors (Lipinski definition) is 1. The van der Waals surface area contributed by atoms with Crippen molar-refractivity contribution in [1.29, 1.82) is 0 Å². The van der Waals surface area contributed by atoms with Gasteiger partial charge in [-0.25, -0.2) is 4.79 Å². The molecular formula is C20H27NO6. The molecule has 3 rings (SSSR count). The van der Waals surface area contributed by atoms with Gasteiger partial charge in [0.1, 0.15) is 13.2 Å². The fraction of sp³-hybridized carbons (Fsp3) is 0.600. The van der Waals surface area contributed by atoms with Gasteiger partial charge in [-0.3, -0.25) is 4.79 Å². The minimum absolute atomic E-state index is 0.141. The number of benzene rings is 1. The zero-order valence-corrected chi connectivity index (χ0v) is 16.1. The summed E-state index contributed by atoms with van der Waals surface area (Å²) < 4.78 is 21.7. The van der Waals surface area contributed by atoms with E-state index in [0.717, 1.165) is 19.3 Å². The fourth-order valence-corrected chi connectivity index (χ4v) is 3.50. The number of carbonyl (C=O) groups is 2. The molecule has 1 fully saturated rings. The van der Waals surface area contributed by atoms with E-state index < -0.39 is 12.1 Å². The Labute approximate surface area is 159 Å². The number of amides is 1. The maximum absolute atomic E-state index is 12.5. The number of hydrogen-bond acceptors (Lipinski definition) is 6. The zero-order chi connectivity index (χ0) is 19.4. The van der Waals surface area contributed by atoms with Crippen LogP contribution in [0, 0.1) is 5.92 Å². The predicted molar refractivity (Wildman–Crippen MR) is 98.4 cm³/mol. The maximum atomic E-state index is 12.5. The third kappa shape index (κ3) is 4.46. The zero-order valence-electron chi connectivity index (χ0n) is 16.1. The van der Waals surface area contributed by atoms with E-state index >= 15 is 0 Å². The third-order valence-corrected chi connectivity index (χ3v) is 5.16. The van der Waals surface area contributed by atoms with Gasteiger partial charge in [0.05, 0.1) is 12.7 Å². The number of carbonyl (C=O) groups excluding carboxylic acids is 2. The molecule has 27 heavy (non-hydrogen) atoms. The molecule has 0 unspecified atom stereocenters. The molecule has 7 nitrogen and oxygen atoms in total. The number of nitrogens with one attached hydrogen (secondary N) is 1. The van der Waals surface area contributed by atoms with E-state index in [1.165, 1.54) is 19.6 Å². The molecule has 1 heterocycles. The molecular weight excluding hydrogens is 350 g/mol. The first-order valence-electron chi connectivity index (χ1n) is 9.48. The van der Waals surface area contributed by atoms with Crippen LogP contribution < -0.4 is 19.5 Å². The summed E-state index contributed by atoms with van der Waals surface area (Å²) in [4.78, 5) is 24.9. The lowest BCUT2D eigenvalue weighted by Crippen LogP contribution is -2.46. The lowest BCUT2D eigenvalue weighted by Gasteiger charge is -2.30. The first kappa shape index (κ1) is 19.3. The first-order chi connectivity index (χ1) is 13.0. The molecule has 0 aromatic heterocycles. The summed E-state index contributed by atoms with van der Waals surface area (Å²) in [5, 5.41) is 3.01. The van der Waals surface area contributed by atoms with Crippen LogP contribution in [-0.2, 0) is 9.53 Å². The smallest absolute Gasteiger partial charge is 0.339 e. The lowest BCUT2D eigenvalue weighted by atomic mass is 9.86. The third-order valence-electron chi connectivity index (χ3n) is 5.16. The number of ether oxygens (including phenoxy) is 4. The molecule has 1 saturated carbocycles. The summed E-state index contributed by atoms with van der Waals surface area (Å²) >= 11 is 0. The van der Waals surface area contributed by atoms with Crippen LogP contribution in [0.5, 0.6) is 17.2 Å². The highest BCUT2D eigenvalue weighted by molar-refractivity contribution is 5.93. The Hall–Kier alpha value is -2.44. The molecule has 0 bridgehead atoms. The highest BCUT2D eigenvalue weighted by Gasteiger charge is 2.27. The largest absolute Gasteiger partial charge is 0.493 e. The Morgan fingerprint density at radius 2 is 1.93 bits per heavy atom. The number of rotatable bonds is 5. The number of fused-ring (bicyclic) bond motifs is 1. The molecule has 0 spiro atoms. The van der Waals surface area contributed by atoms with Gasteiger partial charge < -0.3 is 24.3 Å². The van der Waals surface area contributed by atoms with Crippen LogP contribution in [0.25, 0.3) is 0 Å². The summed E-state index contributed by atoms with van der Waals surface area (Å²) in [6.07, 6.45) is 3.50. The minimum Gasteiger partial charge on any atom is -0.493 e. The van der Waals surface area contributed by atoms with Gasteiger partial charge in [-0.05, 0) is 37.8 Å². The van der Waals surface area contributed by atoms with Crippen molar-refractivity contribution in [3.63, 3.8) is 0 Å². The molecule has 7 heteroatoms. The summed E-state index contributed by atoms with van der Waals surface area (Å²) in [5.74, 6) is 0.856. The van der Waals surface area contributed by atoms with Crippen molar-refractivity contribution in [3.05, 3.63) is 17.7 Å². The van der Waals surface area contributed by atoms with E-state index in [1.54, 1.807) is 13.0 Å². The van der Waals surface area contributed by atoms with Gasteiger partial charge in [0.2, 0.25) is 5.75 Å². The fourth-order valence-electron chi connectivity index (χ4n) is 3.50. The SMILES string of the molecule is COc1cc(C(=O)O[C@H](C)C(=O)N[C@@H]2CCCC[C@H]2C)cc2c1OCCO2. The van der Waals surface area contributed by atoms with Crippen molar-refractivity contribution in [3.8, 4) is 17.2 Å². The van der Waals surface area contributed by atoms with Crippen LogP contribution in [0.1, 0.15) is 49.9 Å². The molecule has 1 aliphatic heterocycles. The van der Waals surface area contributed by atoms with Crippen LogP contribution >= 0.6 is 0 Å². The average molecular weight is 377 g/mol.